The van der Waals surface area contributed by atoms with Crippen molar-refractivity contribution in [3.63, 3.8) is 0 Å². The van der Waals surface area contributed by atoms with Gasteiger partial charge in [-0.25, -0.2) is 0 Å². The minimum Gasteiger partial charge on any atom is -0.295 e. The minimum atomic E-state index is 0.0354. The van der Waals surface area contributed by atoms with Gasteiger partial charge in [-0.1, -0.05) is 18.1 Å². The van der Waals surface area contributed by atoms with E-state index in [1.165, 1.54) is 0 Å². The van der Waals surface area contributed by atoms with E-state index >= 15 is 0 Å². The molecule has 0 bridgehead atoms. The molecule has 0 N–H and O–H groups in total. The normalized spacial score (nSPS) is 21.8. The summed E-state index contributed by atoms with van der Waals surface area (Å²) in [6.07, 6.45) is 5.78. The fourth-order valence-electron chi connectivity index (χ4n) is 2.35. The fraction of sp³-hybridized carbons (Fsp3) is 0.600. The summed E-state index contributed by atoms with van der Waals surface area (Å²) in [6.45, 7) is 7.84. The first-order valence-corrected chi connectivity index (χ1v) is 6.29. The Morgan fingerprint density at radius 1 is 1.53 bits per heavy atom. The summed E-state index contributed by atoms with van der Waals surface area (Å²) in [6, 6.07) is 0. The van der Waals surface area contributed by atoms with Crippen molar-refractivity contribution in [1.29, 1.82) is 0 Å². The van der Waals surface area contributed by atoms with Crippen LogP contribution in [0.4, 0.5) is 0 Å². The Hall–Kier alpha value is -1.18. The molecule has 0 fully saturated rings. The molecule has 0 amide bonds. The van der Waals surface area contributed by atoms with E-state index in [4.69, 9.17) is 0 Å². The van der Waals surface area contributed by atoms with Crippen molar-refractivity contribution in [1.82, 2.24) is 0 Å². The lowest BCUT2D eigenvalue weighted by atomic mass is 9.79. The zero-order valence-electron chi connectivity index (χ0n) is 11.2. The molecular formula is C15H22O2. The average molecular weight is 234 g/mol. The first-order valence-electron chi connectivity index (χ1n) is 6.29. The van der Waals surface area contributed by atoms with Crippen molar-refractivity contribution in [2.75, 3.05) is 0 Å². The Labute approximate surface area is 104 Å². The van der Waals surface area contributed by atoms with E-state index in [1.807, 2.05) is 27.7 Å². The smallest absolute Gasteiger partial charge is 0.158 e. The third kappa shape index (κ3) is 4.29. The number of rotatable bonds is 4. The highest BCUT2D eigenvalue weighted by molar-refractivity contribution is 5.95. The van der Waals surface area contributed by atoms with E-state index in [2.05, 4.69) is 0 Å². The van der Waals surface area contributed by atoms with Gasteiger partial charge in [-0.3, -0.25) is 9.59 Å². The van der Waals surface area contributed by atoms with Crippen LogP contribution in [0.1, 0.15) is 47.0 Å². The Morgan fingerprint density at radius 2 is 2.18 bits per heavy atom. The summed E-state index contributed by atoms with van der Waals surface area (Å²) in [4.78, 5) is 23.5. The van der Waals surface area contributed by atoms with Crippen LogP contribution in [-0.4, -0.2) is 11.6 Å². The van der Waals surface area contributed by atoms with Crippen LogP contribution in [0.15, 0.2) is 23.3 Å². The van der Waals surface area contributed by atoms with Crippen molar-refractivity contribution in [3.8, 4) is 0 Å². The summed E-state index contributed by atoms with van der Waals surface area (Å²) < 4.78 is 0. The Kier molecular flexibility index (Phi) is 4.86. The summed E-state index contributed by atoms with van der Waals surface area (Å²) >= 11 is 0. The lowest BCUT2D eigenvalue weighted by Gasteiger charge is -2.24. The highest BCUT2D eigenvalue weighted by Gasteiger charge is 2.27. The van der Waals surface area contributed by atoms with Gasteiger partial charge in [0, 0.05) is 12.3 Å². The summed E-state index contributed by atoms with van der Waals surface area (Å²) in [7, 11) is 0. The summed E-state index contributed by atoms with van der Waals surface area (Å²) in [5.74, 6) is 0.519. The van der Waals surface area contributed by atoms with Gasteiger partial charge < -0.3 is 0 Å². The standard InChI is InChI=1S/C15H22O2/c1-10(2)7-13(16)9-12(4)14-6-5-11(3)8-15(14)17/h7-8,12,14H,5-6,9H2,1-4H3/t12-,14-/m0/s1. The molecule has 0 aromatic heterocycles. The zero-order valence-corrected chi connectivity index (χ0v) is 11.2. The van der Waals surface area contributed by atoms with Crippen molar-refractivity contribution in [2.24, 2.45) is 11.8 Å². The molecule has 1 aliphatic rings. The number of carbonyl (C=O) groups is 2. The second kappa shape index (κ2) is 5.95. The molecule has 0 saturated heterocycles. The van der Waals surface area contributed by atoms with E-state index in [-0.39, 0.29) is 23.4 Å². The molecule has 0 spiro atoms. The van der Waals surface area contributed by atoms with E-state index in [0.717, 1.165) is 24.0 Å². The second-order valence-electron chi connectivity index (χ2n) is 5.41. The Morgan fingerprint density at radius 3 is 2.71 bits per heavy atom. The van der Waals surface area contributed by atoms with Crippen LogP contribution in [0.3, 0.4) is 0 Å². The molecule has 94 valence electrons. The zero-order chi connectivity index (χ0) is 13.0. The average Bonchev–Trinajstić information content (AvgIpc) is 2.15. The second-order valence-corrected chi connectivity index (χ2v) is 5.41. The first-order chi connectivity index (χ1) is 7.90. The molecule has 0 radical (unpaired) electrons. The molecule has 0 heterocycles. The van der Waals surface area contributed by atoms with Crippen molar-refractivity contribution in [3.05, 3.63) is 23.3 Å². The predicted molar refractivity (Wildman–Crippen MR) is 69.7 cm³/mol. The largest absolute Gasteiger partial charge is 0.295 e. The van der Waals surface area contributed by atoms with Gasteiger partial charge in [-0.15, -0.1) is 0 Å². The third-order valence-electron chi connectivity index (χ3n) is 3.26. The van der Waals surface area contributed by atoms with Crippen molar-refractivity contribution < 1.29 is 9.59 Å². The maximum Gasteiger partial charge on any atom is 0.158 e. The van der Waals surface area contributed by atoms with E-state index in [1.54, 1.807) is 12.2 Å². The molecule has 2 heteroatoms. The number of hydrogen-bond acceptors (Lipinski definition) is 2. The molecule has 0 saturated carbocycles. The monoisotopic (exact) mass is 234 g/mol. The van der Waals surface area contributed by atoms with E-state index < -0.39 is 0 Å². The van der Waals surface area contributed by atoms with Crippen LogP contribution in [-0.2, 0) is 9.59 Å². The van der Waals surface area contributed by atoms with Gasteiger partial charge in [0.25, 0.3) is 0 Å². The molecule has 0 aromatic rings. The SMILES string of the molecule is CC(C)=CC(=O)C[C@H](C)[C@@H]1CCC(C)=CC1=O. The van der Waals surface area contributed by atoms with Crippen LogP contribution in [0.25, 0.3) is 0 Å². The molecule has 0 aliphatic heterocycles. The predicted octanol–water partition coefficient (Wildman–Crippen LogP) is 3.47. The highest BCUT2D eigenvalue weighted by Crippen LogP contribution is 2.28. The van der Waals surface area contributed by atoms with Gasteiger partial charge in [-0.05, 0) is 51.7 Å². The van der Waals surface area contributed by atoms with Gasteiger partial charge >= 0.3 is 0 Å². The van der Waals surface area contributed by atoms with Crippen LogP contribution >= 0.6 is 0 Å². The topological polar surface area (TPSA) is 34.1 Å². The maximum absolute atomic E-state index is 11.8. The van der Waals surface area contributed by atoms with Crippen LogP contribution in [0, 0.1) is 11.8 Å². The molecule has 17 heavy (non-hydrogen) atoms. The van der Waals surface area contributed by atoms with Gasteiger partial charge in [0.05, 0.1) is 0 Å². The molecular weight excluding hydrogens is 212 g/mol. The Balaban J connectivity index is 2.60. The highest BCUT2D eigenvalue weighted by atomic mass is 16.1. The van der Waals surface area contributed by atoms with Crippen molar-refractivity contribution >= 4 is 11.6 Å². The van der Waals surface area contributed by atoms with Gasteiger partial charge in [0.15, 0.2) is 11.6 Å². The van der Waals surface area contributed by atoms with Crippen LogP contribution in [0.2, 0.25) is 0 Å². The first kappa shape index (κ1) is 13.9. The Bertz CT molecular complexity index is 370. The quantitative estimate of drug-likeness (QED) is 0.698. The number of ketones is 2. The summed E-state index contributed by atoms with van der Waals surface area (Å²) in [5.41, 5.74) is 2.18. The van der Waals surface area contributed by atoms with Gasteiger partial charge in [-0.2, -0.15) is 0 Å². The fourth-order valence-corrected chi connectivity index (χ4v) is 2.35. The third-order valence-corrected chi connectivity index (χ3v) is 3.26. The van der Waals surface area contributed by atoms with E-state index in [9.17, 15) is 9.59 Å². The van der Waals surface area contributed by atoms with E-state index in [0.29, 0.717) is 6.42 Å². The lowest BCUT2D eigenvalue weighted by molar-refractivity contribution is -0.121. The molecule has 2 atom stereocenters. The lowest BCUT2D eigenvalue weighted by Crippen LogP contribution is -2.25. The van der Waals surface area contributed by atoms with Crippen LogP contribution < -0.4 is 0 Å². The molecule has 2 nitrogen and oxygen atoms in total. The molecule has 1 aliphatic carbocycles. The summed E-state index contributed by atoms with van der Waals surface area (Å²) in [5, 5.41) is 0. The van der Waals surface area contributed by atoms with Gasteiger partial charge in [0.2, 0.25) is 0 Å². The molecule has 0 unspecified atom stereocenters. The van der Waals surface area contributed by atoms with Crippen LogP contribution in [0.5, 0.6) is 0 Å². The number of hydrogen-bond donors (Lipinski definition) is 0. The number of allylic oxidation sites excluding steroid dienone is 4. The molecule has 1 rings (SSSR count). The maximum atomic E-state index is 11.8. The number of carbonyl (C=O) groups excluding carboxylic acids is 2. The molecule has 0 aromatic carbocycles. The van der Waals surface area contributed by atoms with Gasteiger partial charge in [0.1, 0.15) is 0 Å². The minimum absolute atomic E-state index is 0.0354. The van der Waals surface area contributed by atoms with Crippen molar-refractivity contribution in [2.45, 2.75) is 47.0 Å².